The van der Waals surface area contributed by atoms with Crippen LogP contribution in [0.3, 0.4) is 0 Å². The largest absolute Gasteiger partial charge is 0.393 e. The Hall–Kier alpha value is -0.910. The number of aliphatic hydroxyl groups excluding tert-OH is 1. The minimum atomic E-state index is -0.276. The van der Waals surface area contributed by atoms with E-state index in [1.54, 1.807) is 11.3 Å². The van der Waals surface area contributed by atoms with Gasteiger partial charge in [-0.3, -0.25) is 0 Å². The highest BCUT2D eigenvalue weighted by Gasteiger charge is 2.28. The van der Waals surface area contributed by atoms with Crippen LogP contribution in [0, 0.1) is 12.8 Å². The highest BCUT2D eigenvalue weighted by molar-refractivity contribution is 7.18. The molecule has 0 bridgehead atoms. The van der Waals surface area contributed by atoms with E-state index in [4.69, 9.17) is 11.6 Å². The van der Waals surface area contributed by atoms with Crippen LogP contribution in [0.15, 0.2) is 6.07 Å². The van der Waals surface area contributed by atoms with Crippen LogP contribution in [0.4, 0.5) is 5.82 Å². The first kappa shape index (κ1) is 13.1. The van der Waals surface area contributed by atoms with Crippen molar-refractivity contribution >= 4 is 39.0 Å². The molecule has 1 aliphatic heterocycles. The lowest BCUT2D eigenvalue weighted by atomic mass is 10.0. The van der Waals surface area contributed by atoms with E-state index < -0.39 is 0 Å². The summed E-state index contributed by atoms with van der Waals surface area (Å²) in [7, 11) is 0. The summed E-state index contributed by atoms with van der Waals surface area (Å²) in [5.74, 6) is 1.21. The van der Waals surface area contributed by atoms with Crippen molar-refractivity contribution in [2.75, 3.05) is 18.0 Å². The van der Waals surface area contributed by atoms with E-state index in [0.717, 1.165) is 35.5 Å². The van der Waals surface area contributed by atoms with Crippen LogP contribution in [-0.2, 0) is 0 Å². The Labute approximate surface area is 121 Å². The highest BCUT2D eigenvalue weighted by atomic mass is 35.5. The highest BCUT2D eigenvalue weighted by Crippen LogP contribution is 2.34. The van der Waals surface area contributed by atoms with Gasteiger partial charge in [-0.15, -0.1) is 11.3 Å². The lowest BCUT2D eigenvalue weighted by molar-refractivity contribution is 0.136. The predicted molar refractivity (Wildman–Crippen MR) is 79.2 cm³/mol. The Balaban J connectivity index is 2.01. The third-order valence-electron chi connectivity index (χ3n) is 3.67. The van der Waals surface area contributed by atoms with E-state index in [9.17, 15) is 5.11 Å². The molecular weight excluding hydrogens is 282 g/mol. The molecule has 1 saturated heterocycles. The van der Waals surface area contributed by atoms with Gasteiger partial charge in [-0.05, 0) is 37.9 Å². The molecule has 1 N–H and O–H groups in total. The van der Waals surface area contributed by atoms with Crippen molar-refractivity contribution in [1.29, 1.82) is 0 Å². The smallest absolute Gasteiger partial charge is 0.225 e. The fourth-order valence-corrected chi connectivity index (χ4v) is 3.70. The topological polar surface area (TPSA) is 49.2 Å². The van der Waals surface area contributed by atoms with Crippen LogP contribution in [0.1, 0.15) is 18.2 Å². The fourth-order valence-electron chi connectivity index (χ4n) is 2.62. The second-order valence-corrected chi connectivity index (χ2v) is 6.70. The second-order valence-electron chi connectivity index (χ2n) is 5.13. The molecule has 2 aromatic heterocycles. The fraction of sp³-hybridized carbons (Fsp3) is 0.538. The molecule has 0 amide bonds. The normalized spacial score (nSPS) is 21.3. The molecule has 0 saturated carbocycles. The van der Waals surface area contributed by atoms with E-state index in [-0.39, 0.29) is 6.10 Å². The molecule has 2 unspecified atom stereocenters. The van der Waals surface area contributed by atoms with E-state index >= 15 is 0 Å². The number of halogens is 1. The van der Waals surface area contributed by atoms with Crippen molar-refractivity contribution in [1.82, 2.24) is 9.97 Å². The average molecular weight is 298 g/mol. The quantitative estimate of drug-likeness (QED) is 0.866. The van der Waals surface area contributed by atoms with Crippen LogP contribution in [0.25, 0.3) is 10.2 Å². The molecule has 102 valence electrons. The average Bonchev–Trinajstić information content (AvgIpc) is 2.93. The number of aryl methyl sites for hydroxylation is 1. The van der Waals surface area contributed by atoms with Crippen molar-refractivity contribution in [3.8, 4) is 0 Å². The van der Waals surface area contributed by atoms with Gasteiger partial charge in [0.2, 0.25) is 5.28 Å². The molecule has 0 aliphatic carbocycles. The molecule has 1 aliphatic rings. The zero-order valence-electron chi connectivity index (χ0n) is 10.9. The molecule has 3 heterocycles. The van der Waals surface area contributed by atoms with Crippen LogP contribution >= 0.6 is 22.9 Å². The molecule has 6 heteroatoms. The number of anilines is 1. The number of rotatable bonds is 2. The summed E-state index contributed by atoms with van der Waals surface area (Å²) in [6.07, 6.45) is 0.714. The van der Waals surface area contributed by atoms with Gasteiger partial charge >= 0.3 is 0 Å². The van der Waals surface area contributed by atoms with E-state index in [0.29, 0.717) is 11.2 Å². The van der Waals surface area contributed by atoms with Crippen LogP contribution < -0.4 is 4.90 Å². The monoisotopic (exact) mass is 297 g/mol. The molecule has 0 spiro atoms. The third kappa shape index (κ3) is 2.42. The number of aromatic nitrogens is 2. The summed E-state index contributed by atoms with van der Waals surface area (Å²) in [4.78, 5) is 13.0. The summed E-state index contributed by atoms with van der Waals surface area (Å²) in [6.45, 7) is 5.65. The number of aliphatic hydroxyl groups is 1. The van der Waals surface area contributed by atoms with E-state index in [2.05, 4.69) is 27.9 Å². The first-order valence-corrected chi connectivity index (χ1v) is 7.60. The Morgan fingerprint density at radius 1 is 1.53 bits per heavy atom. The molecule has 1 fully saturated rings. The second kappa shape index (κ2) is 4.89. The van der Waals surface area contributed by atoms with Gasteiger partial charge in [-0.2, -0.15) is 4.98 Å². The zero-order valence-corrected chi connectivity index (χ0v) is 12.5. The minimum absolute atomic E-state index is 0.276. The van der Waals surface area contributed by atoms with E-state index in [1.165, 1.54) is 4.88 Å². The van der Waals surface area contributed by atoms with Crippen molar-refractivity contribution in [2.24, 2.45) is 5.92 Å². The van der Waals surface area contributed by atoms with E-state index in [1.807, 2.05) is 6.92 Å². The van der Waals surface area contributed by atoms with Gasteiger partial charge in [0.25, 0.3) is 0 Å². The SMILES string of the molecule is Cc1cc2c(N3CCC(C(C)O)C3)nc(Cl)nc2s1. The molecule has 0 aromatic carbocycles. The summed E-state index contributed by atoms with van der Waals surface area (Å²) in [5, 5.41) is 11.1. The summed E-state index contributed by atoms with van der Waals surface area (Å²) >= 11 is 7.65. The summed E-state index contributed by atoms with van der Waals surface area (Å²) in [6, 6.07) is 2.11. The molecule has 4 nitrogen and oxygen atoms in total. The van der Waals surface area contributed by atoms with Gasteiger partial charge in [0.15, 0.2) is 0 Å². The summed E-state index contributed by atoms with van der Waals surface area (Å²) in [5.41, 5.74) is 0. The first-order valence-electron chi connectivity index (χ1n) is 6.41. The maximum absolute atomic E-state index is 9.71. The van der Waals surface area contributed by atoms with Gasteiger partial charge in [0.05, 0.1) is 11.5 Å². The number of fused-ring (bicyclic) bond motifs is 1. The van der Waals surface area contributed by atoms with Crippen LogP contribution in [0.2, 0.25) is 5.28 Å². The maximum atomic E-state index is 9.71. The Kier molecular flexibility index (Phi) is 3.37. The Bertz CT molecular complexity index is 613. The van der Waals surface area contributed by atoms with Crippen LogP contribution in [0.5, 0.6) is 0 Å². The minimum Gasteiger partial charge on any atom is -0.393 e. The van der Waals surface area contributed by atoms with Gasteiger partial charge in [0.1, 0.15) is 10.6 Å². The van der Waals surface area contributed by atoms with Gasteiger partial charge in [-0.1, -0.05) is 0 Å². The van der Waals surface area contributed by atoms with Gasteiger partial charge in [-0.25, -0.2) is 4.98 Å². The molecule has 2 atom stereocenters. The zero-order chi connectivity index (χ0) is 13.6. The lowest BCUT2D eigenvalue weighted by Gasteiger charge is -2.19. The lowest BCUT2D eigenvalue weighted by Crippen LogP contribution is -2.24. The predicted octanol–water partition coefficient (Wildman–Crippen LogP) is 2.86. The van der Waals surface area contributed by atoms with Crippen molar-refractivity contribution in [2.45, 2.75) is 26.4 Å². The molecule has 19 heavy (non-hydrogen) atoms. The number of hydrogen-bond donors (Lipinski definition) is 1. The number of nitrogens with zero attached hydrogens (tertiary/aromatic N) is 3. The van der Waals surface area contributed by atoms with Gasteiger partial charge in [0, 0.05) is 23.9 Å². The maximum Gasteiger partial charge on any atom is 0.225 e. The van der Waals surface area contributed by atoms with Crippen LogP contribution in [-0.4, -0.2) is 34.3 Å². The van der Waals surface area contributed by atoms with Gasteiger partial charge < -0.3 is 10.0 Å². The number of thiophene rings is 1. The molecule has 3 rings (SSSR count). The Morgan fingerprint density at radius 3 is 3.00 bits per heavy atom. The number of hydrogen-bond acceptors (Lipinski definition) is 5. The molecule has 0 radical (unpaired) electrons. The third-order valence-corrected chi connectivity index (χ3v) is 4.79. The van der Waals surface area contributed by atoms with Crippen molar-refractivity contribution < 1.29 is 5.11 Å². The molecule has 2 aromatic rings. The Morgan fingerprint density at radius 2 is 2.32 bits per heavy atom. The standard InChI is InChI=1S/C13H16ClN3OS/c1-7-5-10-11(15-13(14)16-12(10)19-7)17-4-3-9(6-17)8(2)18/h5,8-9,18H,3-4,6H2,1-2H3. The van der Waals surface area contributed by atoms with Crippen molar-refractivity contribution in [3.05, 3.63) is 16.2 Å². The van der Waals surface area contributed by atoms with Crippen molar-refractivity contribution in [3.63, 3.8) is 0 Å². The molecular formula is C13H16ClN3OS. The first-order chi connectivity index (χ1) is 9.04. The summed E-state index contributed by atoms with van der Waals surface area (Å²) < 4.78 is 0.